The molecule has 0 atom stereocenters. The fourth-order valence-corrected chi connectivity index (χ4v) is 6.50. The van der Waals surface area contributed by atoms with Crippen LogP contribution in [0, 0.1) is 13.8 Å². The number of hydrogen-bond acceptors (Lipinski definition) is 5. The van der Waals surface area contributed by atoms with Gasteiger partial charge in [0.05, 0.1) is 16.9 Å². The number of ether oxygens (including phenoxy) is 1. The Morgan fingerprint density at radius 1 is 0.966 bits per heavy atom. The lowest BCUT2D eigenvalue weighted by molar-refractivity contribution is 0.308. The van der Waals surface area contributed by atoms with Crippen LogP contribution >= 0.6 is 0 Å². The fraction of sp³-hybridized carbons (Fsp3) is 0.400. The van der Waals surface area contributed by atoms with E-state index in [-0.39, 0.29) is 28.9 Å². The Balaban J connectivity index is 1.66. The maximum Gasteiger partial charge on any atom is 0.243 e. The molecule has 1 N–H and O–H groups in total. The number of rotatable bonds is 6. The molecule has 158 valence electrons. The Hall–Kier alpha value is -1.94. The van der Waals surface area contributed by atoms with Crippen LogP contribution in [0.25, 0.3) is 0 Å². The number of piperidine rings is 1. The Labute approximate surface area is 172 Å². The van der Waals surface area contributed by atoms with Gasteiger partial charge in [0.1, 0.15) is 5.75 Å². The first-order valence-corrected chi connectivity index (χ1v) is 12.3. The molecule has 1 heterocycles. The molecule has 0 spiro atoms. The number of benzene rings is 2. The van der Waals surface area contributed by atoms with Crippen molar-refractivity contribution in [3.8, 4) is 5.75 Å². The monoisotopic (exact) mass is 438 g/mol. The summed E-state index contributed by atoms with van der Waals surface area (Å²) in [6.45, 7) is 4.20. The van der Waals surface area contributed by atoms with Crippen LogP contribution in [0.4, 0.5) is 0 Å². The van der Waals surface area contributed by atoms with Gasteiger partial charge in [-0.3, -0.25) is 0 Å². The van der Waals surface area contributed by atoms with E-state index < -0.39 is 20.0 Å². The van der Waals surface area contributed by atoms with Crippen molar-refractivity contribution in [1.29, 1.82) is 0 Å². The van der Waals surface area contributed by atoms with Crippen molar-refractivity contribution in [2.75, 3.05) is 20.2 Å². The maximum absolute atomic E-state index is 12.8. The molecule has 2 aromatic rings. The van der Waals surface area contributed by atoms with Crippen molar-refractivity contribution in [2.45, 2.75) is 42.5 Å². The minimum Gasteiger partial charge on any atom is -0.497 e. The van der Waals surface area contributed by atoms with Gasteiger partial charge in [-0.05, 0) is 62.6 Å². The molecular formula is C20H26N2O5S2. The number of sulfonamides is 2. The van der Waals surface area contributed by atoms with E-state index in [1.807, 2.05) is 13.0 Å². The van der Waals surface area contributed by atoms with Crippen LogP contribution in [-0.2, 0) is 20.0 Å². The Bertz CT molecular complexity index is 1070. The largest absolute Gasteiger partial charge is 0.497 e. The normalized spacial score (nSPS) is 16.7. The first-order valence-electron chi connectivity index (χ1n) is 9.37. The molecule has 1 fully saturated rings. The fourth-order valence-electron chi connectivity index (χ4n) is 3.49. The summed E-state index contributed by atoms with van der Waals surface area (Å²) in [5, 5.41) is 0. The van der Waals surface area contributed by atoms with Crippen molar-refractivity contribution in [3.63, 3.8) is 0 Å². The molecule has 9 heteroatoms. The summed E-state index contributed by atoms with van der Waals surface area (Å²) < 4.78 is 60.3. The maximum atomic E-state index is 12.8. The van der Waals surface area contributed by atoms with Gasteiger partial charge in [-0.2, -0.15) is 4.31 Å². The summed E-state index contributed by atoms with van der Waals surface area (Å²) in [6.07, 6.45) is 0.832. The van der Waals surface area contributed by atoms with Crippen molar-refractivity contribution in [3.05, 3.63) is 53.6 Å². The molecule has 7 nitrogen and oxygen atoms in total. The highest BCUT2D eigenvalue weighted by atomic mass is 32.2. The summed E-state index contributed by atoms with van der Waals surface area (Å²) >= 11 is 0. The molecular weight excluding hydrogens is 412 g/mol. The second-order valence-corrected chi connectivity index (χ2v) is 10.9. The van der Waals surface area contributed by atoms with Crippen LogP contribution in [-0.4, -0.2) is 47.4 Å². The third kappa shape index (κ3) is 4.80. The average Bonchev–Trinajstić information content (AvgIpc) is 2.68. The van der Waals surface area contributed by atoms with Gasteiger partial charge in [-0.1, -0.05) is 17.7 Å². The predicted octanol–water partition coefficient (Wildman–Crippen LogP) is 2.44. The summed E-state index contributed by atoms with van der Waals surface area (Å²) in [6, 6.07) is 11.2. The predicted molar refractivity (Wildman–Crippen MR) is 111 cm³/mol. The number of nitrogens with zero attached hydrogens (tertiary/aromatic N) is 1. The van der Waals surface area contributed by atoms with Crippen LogP contribution in [0.1, 0.15) is 24.0 Å². The number of aryl methyl sites for hydroxylation is 2. The SMILES string of the molecule is COc1ccc(S(=O)(=O)N2CCC(NS(=O)(=O)c3ccc(C)cc3C)CC2)cc1. The van der Waals surface area contributed by atoms with Crippen molar-refractivity contribution < 1.29 is 21.6 Å². The third-order valence-corrected chi connectivity index (χ3v) is 8.69. The van der Waals surface area contributed by atoms with Gasteiger partial charge in [0.25, 0.3) is 0 Å². The summed E-state index contributed by atoms with van der Waals surface area (Å²) in [7, 11) is -5.75. The summed E-state index contributed by atoms with van der Waals surface area (Å²) in [5.41, 5.74) is 1.69. The molecule has 0 unspecified atom stereocenters. The zero-order valence-corrected chi connectivity index (χ0v) is 18.4. The van der Waals surface area contributed by atoms with Crippen LogP contribution in [0.15, 0.2) is 52.3 Å². The van der Waals surface area contributed by atoms with E-state index in [4.69, 9.17) is 4.74 Å². The molecule has 0 saturated carbocycles. The zero-order valence-electron chi connectivity index (χ0n) is 16.8. The first kappa shape index (κ1) is 21.8. The van der Waals surface area contributed by atoms with Crippen molar-refractivity contribution in [2.24, 2.45) is 0 Å². The lowest BCUT2D eigenvalue weighted by Crippen LogP contribution is -2.46. The highest BCUT2D eigenvalue weighted by Crippen LogP contribution is 2.24. The number of hydrogen-bond donors (Lipinski definition) is 1. The number of nitrogens with one attached hydrogen (secondary N) is 1. The van der Waals surface area contributed by atoms with Gasteiger partial charge in [0, 0.05) is 19.1 Å². The second-order valence-electron chi connectivity index (χ2n) is 7.24. The highest BCUT2D eigenvalue weighted by Gasteiger charge is 2.31. The second kappa shape index (κ2) is 8.43. The van der Waals surface area contributed by atoms with E-state index in [1.54, 1.807) is 31.2 Å². The van der Waals surface area contributed by atoms with Crippen molar-refractivity contribution >= 4 is 20.0 Å². The van der Waals surface area contributed by atoms with Crippen LogP contribution < -0.4 is 9.46 Å². The van der Waals surface area contributed by atoms with Crippen LogP contribution in [0.3, 0.4) is 0 Å². The molecule has 0 radical (unpaired) electrons. The molecule has 2 aromatic carbocycles. The van der Waals surface area contributed by atoms with Gasteiger partial charge in [-0.25, -0.2) is 21.6 Å². The molecule has 1 saturated heterocycles. The molecule has 0 bridgehead atoms. The van der Waals surface area contributed by atoms with E-state index in [0.29, 0.717) is 24.2 Å². The van der Waals surface area contributed by atoms with Gasteiger partial charge in [0.15, 0.2) is 0 Å². The molecule has 0 aromatic heterocycles. The number of methoxy groups -OCH3 is 1. The Kier molecular flexibility index (Phi) is 6.33. The minimum absolute atomic E-state index is 0.201. The molecule has 0 aliphatic carbocycles. The van der Waals surface area contributed by atoms with Crippen LogP contribution in [0.5, 0.6) is 5.75 Å². The van der Waals surface area contributed by atoms with Gasteiger partial charge in [-0.15, -0.1) is 0 Å². The Morgan fingerprint density at radius 2 is 1.59 bits per heavy atom. The lowest BCUT2D eigenvalue weighted by atomic mass is 10.1. The van der Waals surface area contributed by atoms with E-state index >= 15 is 0 Å². The van der Waals surface area contributed by atoms with E-state index in [0.717, 1.165) is 5.56 Å². The smallest absolute Gasteiger partial charge is 0.243 e. The zero-order chi connectivity index (χ0) is 21.2. The van der Waals surface area contributed by atoms with E-state index in [9.17, 15) is 16.8 Å². The third-order valence-electron chi connectivity index (χ3n) is 5.09. The standard InChI is InChI=1S/C20H26N2O5S2/c1-15-4-9-20(16(2)14-15)28(23,24)21-17-10-12-22(13-11-17)29(25,26)19-7-5-18(27-3)6-8-19/h4-9,14,17,21H,10-13H2,1-3H3. The summed E-state index contributed by atoms with van der Waals surface area (Å²) in [5.74, 6) is 0.587. The Morgan fingerprint density at radius 3 is 2.14 bits per heavy atom. The van der Waals surface area contributed by atoms with Gasteiger partial charge in [0.2, 0.25) is 20.0 Å². The van der Waals surface area contributed by atoms with E-state index in [1.165, 1.54) is 23.5 Å². The molecule has 1 aliphatic rings. The molecule has 0 amide bonds. The molecule has 29 heavy (non-hydrogen) atoms. The van der Waals surface area contributed by atoms with Gasteiger partial charge >= 0.3 is 0 Å². The van der Waals surface area contributed by atoms with E-state index in [2.05, 4.69) is 4.72 Å². The van der Waals surface area contributed by atoms with Gasteiger partial charge < -0.3 is 4.74 Å². The summed E-state index contributed by atoms with van der Waals surface area (Å²) in [4.78, 5) is 0.462. The minimum atomic E-state index is -3.65. The quantitative estimate of drug-likeness (QED) is 0.748. The van der Waals surface area contributed by atoms with Crippen molar-refractivity contribution in [1.82, 2.24) is 9.03 Å². The lowest BCUT2D eigenvalue weighted by Gasteiger charge is -2.31. The topological polar surface area (TPSA) is 92.8 Å². The molecule has 1 aliphatic heterocycles. The average molecular weight is 439 g/mol. The molecule has 3 rings (SSSR count). The van der Waals surface area contributed by atoms with Crippen LogP contribution in [0.2, 0.25) is 0 Å². The highest BCUT2D eigenvalue weighted by molar-refractivity contribution is 7.89. The first-order chi connectivity index (χ1) is 13.6.